The Morgan fingerprint density at radius 3 is 2.81 bits per heavy atom. The summed E-state index contributed by atoms with van der Waals surface area (Å²) in [6.45, 7) is 3.34. The Kier molecular flexibility index (Phi) is 3.12. The van der Waals surface area contributed by atoms with Gasteiger partial charge < -0.3 is 9.84 Å². The van der Waals surface area contributed by atoms with E-state index in [1.807, 2.05) is 0 Å². The van der Waals surface area contributed by atoms with Gasteiger partial charge in [0.05, 0.1) is 5.69 Å². The van der Waals surface area contributed by atoms with Crippen molar-refractivity contribution in [3.8, 4) is 17.2 Å². The fraction of sp³-hybridized carbons (Fsp3) is 0. The molecule has 1 heterocycles. The van der Waals surface area contributed by atoms with Gasteiger partial charge in [-0.15, -0.1) is 10.2 Å². The largest absolute Gasteiger partial charge is 0.506 e. The number of esters is 1. The van der Waals surface area contributed by atoms with Crippen molar-refractivity contribution in [2.45, 2.75) is 0 Å². The molecule has 104 valence electrons. The average Bonchev–Trinajstić information content (AvgIpc) is 2.93. The van der Waals surface area contributed by atoms with Gasteiger partial charge in [0.25, 0.3) is 0 Å². The molecule has 1 N–H and O–H groups in total. The molecule has 0 unspecified atom stereocenters. The minimum absolute atomic E-state index is 0.0630. The molecule has 6 nitrogen and oxygen atoms in total. The second kappa shape index (κ2) is 5.09. The van der Waals surface area contributed by atoms with Crippen molar-refractivity contribution in [1.29, 1.82) is 0 Å². The molecule has 3 rings (SSSR count). The summed E-state index contributed by atoms with van der Waals surface area (Å²) in [5.74, 6) is -0.112. The van der Waals surface area contributed by atoms with Gasteiger partial charge in [-0.2, -0.15) is 4.80 Å². The molecule has 0 radical (unpaired) electrons. The van der Waals surface area contributed by atoms with E-state index in [2.05, 4.69) is 16.8 Å². The highest BCUT2D eigenvalue weighted by Crippen LogP contribution is 2.22. The summed E-state index contributed by atoms with van der Waals surface area (Å²) in [6, 6.07) is 11.7. The van der Waals surface area contributed by atoms with Gasteiger partial charge in [0.2, 0.25) is 0 Å². The van der Waals surface area contributed by atoms with Crippen LogP contribution in [0.4, 0.5) is 0 Å². The van der Waals surface area contributed by atoms with Gasteiger partial charge >= 0.3 is 5.97 Å². The van der Waals surface area contributed by atoms with E-state index in [1.165, 1.54) is 4.80 Å². The van der Waals surface area contributed by atoms with E-state index in [9.17, 15) is 9.90 Å². The van der Waals surface area contributed by atoms with Crippen LogP contribution in [0.3, 0.4) is 0 Å². The van der Waals surface area contributed by atoms with Gasteiger partial charge in [0.1, 0.15) is 17.0 Å². The summed E-state index contributed by atoms with van der Waals surface area (Å²) in [5, 5.41) is 18.2. The number of nitrogens with zero attached hydrogens (tertiary/aromatic N) is 3. The lowest BCUT2D eigenvalue weighted by atomic mass is 10.3. The zero-order valence-electron chi connectivity index (χ0n) is 10.9. The number of benzene rings is 2. The molecule has 0 spiro atoms. The van der Waals surface area contributed by atoms with Crippen LogP contribution < -0.4 is 4.74 Å². The van der Waals surface area contributed by atoms with Crippen molar-refractivity contribution in [2.75, 3.05) is 0 Å². The Morgan fingerprint density at radius 2 is 2.05 bits per heavy atom. The van der Waals surface area contributed by atoms with E-state index in [4.69, 9.17) is 4.74 Å². The van der Waals surface area contributed by atoms with Gasteiger partial charge in [0, 0.05) is 12.1 Å². The Balaban J connectivity index is 2.02. The first-order chi connectivity index (χ1) is 10.2. The summed E-state index contributed by atoms with van der Waals surface area (Å²) in [6.07, 6.45) is 1.09. The first-order valence-corrected chi connectivity index (χ1v) is 6.17. The van der Waals surface area contributed by atoms with Gasteiger partial charge in [-0.05, 0) is 24.3 Å². The molecule has 1 aromatic heterocycles. The molecule has 3 aromatic rings. The number of ether oxygens (including phenoxy) is 1. The second-order valence-electron chi connectivity index (χ2n) is 4.26. The van der Waals surface area contributed by atoms with Crippen LogP contribution in [-0.4, -0.2) is 26.1 Å². The zero-order valence-corrected chi connectivity index (χ0v) is 10.9. The SMILES string of the molecule is C=CC(=O)Oc1cccc(-n2nc3cccc(O)c3n2)c1. The van der Waals surface area contributed by atoms with Crippen molar-refractivity contribution < 1.29 is 14.6 Å². The summed E-state index contributed by atoms with van der Waals surface area (Å²) < 4.78 is 5.05. The second-order valence-corrected chi connectivity index (χ2v) is 4.26. The average molecular weight is 281 g/mol. The summed E-state index contributed by atoms with van der Waals surface area (Å²) >= 11 is 0. The topological polar surface area (TPSA) is 77.2 Å². The first-order valence-electron chi connectivity index (χ1n) is 6.17. The van der Waals surface area contributed by atoms with Crippen molar-refractivity contribution >= 4 is 17.0 Å². The Bertz CT molecular complexity index is 839. The van der Waals surface area contributed by atoms with Crippen LogP contribution in [-0.2, 0) is 4.79 Å². The molecule has 0 aliphatic heterocycles. The number of hydrogen-bond acceptors (Lipinski definition) is 5. The highest BCUT2D eigenvalue weighted by Gasteiger charge is 2.09. The molecule has 2 aromatic carbocycles. The van der Waals surface area contributed by atoms with Crippen molar-refractivity contribution in [3.63, 3.8) is 0 Å². The predicted molar refractivity (Wildman–Crippen MR) is 76.4 cm³/mol. The van der Waals surface area contributed by atoms with Crippen LogP contribution in [0.1, 0.15) is 0 Å². The third-order valence-corrected chi connectivity index (χ3v) is 2.82. The molecule has 0 amide bonds. The summed E-state index contributed by atoms with van der Waals surface area (Å²) in [7, 11) is 0. The molecule has 0 bridgehead atoms. The third-order valence-electron chi connectivity index (χ3n) is 2.82. The number of fused-ring (bicyclic) bond motifs is 1. The van der Waals surface area contributed by atoms with Gasteiger partial charge in [0.15, 0.2) is 5.52 Å². The molecule has 21 heavy (non-hydrogen) atoms. The predicted octanol–water partition coefficient (Wildman–Crippen LogP) is 2.22. The minimum atomic E-state index is -0.539. The Morgan fingerprint density at radius 1 is 1.24 bits per heavy atom. The number of phenols is 1. The van der Waals surface area contributed by atoms with E-state index in [-0.39, 0.29) is 5.75 Å². The van der Waals surface area contributed by atoms with Crippen LogP contribution in [0.5, 0.6) is 11.5 Å². The van der Waals surface area contributed by atoms with Crippen molar-refractivity contribution in [3.05, 3.63) is 55.1 Å². The zero-order chi connectivity index (χ0) is 14.8. The number of aromatic nitrogens is 3. The van der Waals surface area contributed by atoms with E-state index in [0.29, 0.717) is 22.5 Å². The molecule has 0 saturated carbocycles. The molecular weight excluding hydrogens is 270 g/mol. The lowest BCUT2D eigenvalue weighted by molar-refractivity contribution is -0.128. The molecule has 0 saturated heterocycles. The summed E-state index contributed by atoms with van der Waals surface area (Å²) in [4.78, 5) is 12.6. The number of carbonyl (C=O) groups excluding carboxylic acids is 1. The maximum Gasteiger partial charge on any atom is 0.335 e. The van der Waals surface area contributed by atoms with E-state index < -0.39 is 5.97 Å². The van der Waals surface area contributed by atoms with Gasteiger partial charge in [-0.1, -0.05) is 18.7 Å². The monoisotopic (exact) mass is 281 g/mol. The third kappa shape index (κ3) is 2.46. The fourth-order valence-electron chi connectivity index (χ4n) is 1.87. The van der Waals surface area contributed by atoms with Crippen LogP contribution in [0.25, 0.3) is 16.7 Å². The molecule has 0 aliphatic rings. The molecule has 0 fully saturated rings. The maximum absolute atomic E-state index is 11.2. The quantitative estimate of drug-likeness (QED) is 0.452. The molecule has 0 aliphatic carbocycles. The Labute approximate surface area is 119 Å². The van der Waals surface area contributed by atoms with Crippen LogP contribution in [0, 0.1) is 0 Å². The van der Waals surface area contributed by atoms with Crippen molar-refractivity contribution in [1.82, 2.24) is 15.0 Å². The van der Waals surface area contributed by atoms with E-state index in [1.54, 1.807) is 42.5 Å². The van der Waals surface area contributed by atoms with Crippen LogP contribution in [0.15, 0.2) is 55.1 Å². The van der Waals surface area contributed by atoms with Crippen LogP contribution >= 0.6 is 0 Å². The molecule has 0 atom stereocenters. The van der Waals surface area contributed by atoms with Crippen molar-refractivity contribution in [2.24, 2.45) is 0 Å². The summed E-state index contributed by atoms with van der Waals surface area (Å²) in [5.41, 5.74) is 1.59. The molecule has 6 heteroatoms. The first kappa shape index (κ1) is 12.9. The number of aromatic hydroxyl groups is 1. The number of hydrogen-bond donors (Lipinski definition) is 1. The number of phenolic OH excluding ortho intramolecular Hbond substituents is 1. The normalized spacial score (nSPS) is 10.5. The van der Waals surface area contributed by atoms with Gasteiger partial charge in [-0.3, -0.25) is 0 Å². The number of carbonyl (C=O) groups is 1. The lowest BCUT2D eigenvalue weighted by Gasteiger charge is -2.03. The lowest BCUT2D eigenvalue weighted by Crippen LogP contribution is -2.04. The smallest absolute Gasteiger partial charge is 0.335 e. The van der Waals surface area contributed by atoms with Gasteiger partial charge in [-0.25, -0.2) is 4.79 Å². The highest BCUT2D eigenvalue weighted by atomic mass is 16.5. The highest BCUT2D eigenvalue weighted by molar-refractivity contribution is 5.83. The molecular formula is C15H11N3O3. The minimum Gasteiger partial charge on any atom is -0.506 e. The van der Waals surface area contributed by atoms with Crippen LogP contribution in [0.2, 0.25) is 0 Å². The standard InChI is InChI=1S/C15H11N3O3/c1-2-14(20)21-11-6-3-5-10(9-11)18-16-12-7-4-8-13(19)15(12)17-18/h2-9,19H,1H2. The fourth-order valence-corrected chi connectivity index (χ4v) is 1.87. The Hall–Kier alpha value is -3.15. The maximum atomic E-state index is 11.2. The number of rotatable bonds is 3. The van der Waals surface area contributed by atoms with E-state index >= 15 is 0 Å². The van der Waals surface area contributed by atoms with E-state index in [0.717, 1.165) is 6.08 Å².